The number of likely N-dealkylation sites (tertiary alicyclic amines) is 1. The highest BCUT2D eigenvalue weighted by Gasteiger charge is 2.52. The van der Waals surface area contributed by atoms with Crippen molar-refractivity contribution in [3.63, 3.8) is 0 Å². The van der Waals surface area contributed by atoms with Gasteiger partial charge in [-0.3, -0.25) is 9.69 Å². The topological polar surface area (TPSA) is 61.9 Å². The van der Waals surface area contributed by atoms with Crippen LogP contribution in [0.4, 0.5) is 4.79 Å². The lowest BCUT2D eigenvalue weighted by molar-refractivity contribution is -0.131. The highest BCUT2D eigenvalue weighted by molar-refractivity contribution is 6.07. The molecule has 146 valence electrons. The van der Waals surface area contributed by atoms with Crippen molar-refractivity contribution in [3.8, 4) is 5.75 Å². The zero-order valence-corrected chi connectivity index (χ0v) is 16.1. The van der Waals surface area contributed by atoms with Crippen molar-refractivity contribution in [3.05, 3.63) is 29.8 Å². The van der Waals surface area contributed by atoms with Crippen LogP contribution in [0, 0.1) is 0 Å². The summed E-state index contributed by atoms with van der Waals surface area (Å²) in [7, 11) is 1.70. The lowest BCUT2D eigenvalue weighted by Gasteiger charge is -2.33. The van der Waals surface area contributed by atoms with E-state index in [4.69, 9.17) is 4.74 Å². The van der Waals surface area contributed by atoms with Crippen LogP contribution in [-0.2, 0) is 4.79 Å². The maximum absolute atomic E-state index is 12.7. The van der Waals surface area contributed by atoms with Gasteiger partial charge in [-0.2, -0.15) is 0 Å². The molecule has 1 N–H and O–H groups in total. The molecule has 1 aliphatic carbocycles. The van der Waals surface area contributed by atoms with Crippen molar-refractivity contribution in [1.29, 1.82) is 0 Å². The van der Waals surface area contributed by atoms with Crippen molar-refractivity contribution < 1.29 is 14.3 Å². The van der Waals surface area contributed by atoms with Gasteiger partial charge in [-0.25, -0.2) is 4.79 Å². The van der Waals surface area contributed by atoms with Gasteiger partial charge in [0.25, 0.3) is 5.91 Å². The first kappa shape index (κ1) is 18.3. The van der Waals surface area contributed by atoms with Crippen LogP contribution in [0.3, 0.4) is 0 Å². The lowest BCUT2D eigenvalue weighted by atomic mass is 9.89. The molecular formula is C21H29N3O3. The summed E-state index contributed by atoms with van der Waals surface area (Å²) in [6.07, 6.45) is 5.82. The number of ether oxygens (including phenoxy) is 1. The van der Waals surface area contributed by atoms with E-state index in [0.29, 0.717) is 12.5 Å². The quantitative estimate of drug-likeness (QED) is 0.809. The van der Waals surface area contributed by atoms with Gasteiger partial charge < -0.3 is 15.0 Å². The van der Waals surface area contributed by atoms with Gasteiger partial charge in [-0.1, -0.05) is 25.0 Å². The first-order valence-corrected chi connectivity index (χ1v) is 10.1. The summed E-state index contributed by atoms with van der Waals surface area (Å²) in [5.41, 5.74) is 0.752. The standard InChI is InChI=1S/C21H29N3O3/c1-27-18-6-4-5-17(15-18)16-7-11-23(12-8-16)13-14-24-19(25)21(22-20(24)26)9-2-3-10-21/h4-6,15-16H,2-3,7-14H2,1H3,(H,22,26). The Bertz CT molecular complexity index is 706. The van der Waals surface area contributed by atoms with Gasteiger partial charge >= 0.3 is 6.03 Å². The molecule has 3 aliphatic rings. The molecule has 1 aromatic rings. The largest absolute Gasteiger partial charge is 0.497 e. The summed E-state index contributed by atoms with van der Waals surface area (Å²) < 4.78 is 5.34. The smallest absolute Gasteiger partial charge is 0.325 e. The van der Waals surface area contributed by atoms with Crippen molar-refractivity contribution >= 4 is 11.9 Å². The lowest BCUT2D eigenvalue weighted by Crippen LogP contribution is -2.45. The Morgan fingerprint density at radius 2 is 1.89 bits per heavy atom. The minimum atomic E-state index is -0.587. The highest BCUT2D eigenvalue weighted by Crippen LogP contribution is 2.35. The van der Waals surface area contributed by atoms with Crippen molar-refractivity contribution in [2.75, 3.05) is 33.3 Å². The monoisotopic (exact) mass is 371 g/mol. The molecule has 2 aliphatic heterocycles. The second-order valence-electron chi connectivity index (χ2n) is 8.07. The third-order valence-electron chi connectivity index (χ3n) is 6.50. The number of piperidine rings is 1. The number of hydrogen-bond donors (Lipinski definition) is 1. The zero-order chi connectivity index (χ0) is 18.9. The molecule has 4 rings (SSSR count). The molecule has 1 saturated carbocycles. The van der Waals surface area contributed by atoms with Gasteiger partial charge in [0.15, 0.2) is 0 Å². The number of nitrogens with one attached hydrogen (secondary N) is 1. The third kappa shape index (κ3) is 3.55. The maximum atomic E-state index is 12.7. The second kappa shape index (κ2) is 7.50. The minimum absolute atomic E-state index is 0.00346. The van der Waals surface area contributed by atoms with E-state index in [1.807, 2.05) is 6.07 Å². The third-order valence-corrected chi connectivity index (χ3v) is 6.50. The van der Waals surface area contributed by atoms with E-state index in [-0.39, 0.29) is 11.9 Å². The van der Waals surface area contributed by atoms with Crippen molar-refractivity contribution in [2.45, 2.75) is 50.0 Å². The molecule has 0 aromatic heterocycles. The number of nitrogens with zero attached hydrogens (tertiary/aromatic N) is 2. The average molecular weight is 371 g/mol. The van der Waals surface area contributed by atoms with Crippen molar-refractivity contribution in [2.24, 2.45) is 0 Å². The molecule has 2 saturated heterocycles. The fourth-order valence-electron chi connectivity index (χ4n) is 4.82. The van der Waals surface area contributed by atoms with E-state index in [9.17, 15) is 9.59 Å². The minimum Gasteiger partial charge on any atom is -0.497 e. The molecule has 3 amide bonds. The molecule has 27 heavy (non-hydrogen) atoms. The van der Waals surface area contributed by atoms with Gasteiger partial charge in [0.1, 0.15) is 11.3 Å². The molecular weight excluding hydrogens is 342 g/mol. The fourth-order valence-corrected chi connectivity index (χ4v) is 4.82. The number of urea groups is 1. The van der Waals surface area contributed by atoms with E-state index in [2.05, 4.69) is 28.4 Å². The van der Waals surface area contributed by atoms with Crippen LogP contribution in [-0.4, -0.2) is 60.6 Å². The average Bonchev–Trinajstić information content (AvgIpc) is 3.26. The van der Waals surface area contributed by atoms with Crippen molar-refractivity contribution in [1.82, 2.24) is 15.1 Å². The first-order chi connectivity index (χ1) is 13.1. The van der Waals surface area contributed by atoms with Gasteiger partial charge in [0.05, 0.1) is 7.11 Å². The molecule has 0 atom stereocenters. The molecule has 6 heteroatoms. The van der Waals surface area contributed by atoms with Crippen LogP contribution in [0.5, 0.6) is 5.75 Å². The molecule has 1 spiro atoms. The molecule has 1 aromatic carbocycles. The van der Waals surface area contributed by atoms with E-state index >= 15 is 0 Å². The Morgan fingerprint density at radius 3 is 2.59 bits per heavy atom. The predicted octanol–water partition coefficient (Wildman–Crippen LogP) is 2.74. The maximum Gasteiger partial charge on any atom is 0.325 e. The number of imide groups is 1. The van der Waals surface area contributed by atoms with Gasteiger partial charge in [0, 0.05) is 13.1 Å². The summed E-state index contributed by atoms with van der Waals surface area (Å²) in [5.74, 6) is 1.46. The SMILES string of the molecule is COc1cccc(C2CCN(CCN3C(=O)NC4(CCCC4)C3=O)CC2)c1. The molecule has 2 heterocycles. The Morgan fingerprint density at radius 1 is 1.15 bits per heavy atom. The summed E-state index contributed by atoms with van der Waals surface area (Å²) in [4.78, 5) is 28.8. The van der Waals surface area contributed by atoms with E-state index in [1.54, 1.807) is 7.11 Å². The fraction of sp³-hybridized carbons (Fsp3) is 0.619. The normalized spacial score (nSPS) is 23.2. The number of carbonyl (C=O) groups excluding carboxylic acids is 2. The summed E-state index contributed by atoms with van der Waals surface area (Å²) in [6, 6.07) is 8.14. The van der Waals surface area contributed by atoms with E-state index in [1.165, 1.54) is 10.5 Å². The van der Waals surface area contributed by atoms with Crippen LogP contribution in [0.2, 0.25) is 0 Å². The number of rotatable bonds is 5. The molecule has 6 nitrogen and oxygen atoms in total. The Balaban J connectivity index is 1.28. The Hall–Kier alpha value is -2.08. The number of carbonyl (C=O) groups is 2. The molecule has 0 radical (unpaired) electrons. The number of hydrogen-bond acceptors (Lipinski definition) is 4. The van der Waals surface area contributed by atoms with E-state index in [0.717, 1.165) is 63.9 Å². The van der Waals surface area contributed by atoms with Crippen LogP contribution in [0.15, 0.2) is 24.3 Å². The zero-order valence-electron chi connectivity index (χ0n) is 16.1. The predicted molar refractivity (Wildman–Crippen MR) is 103 cm³/mol. The van der Waals surface area contributed by atoms with Crippen LogP contribution in [0.1, 0.15) is 50.0 Å². The van der Waals surface area contributed by atoms with Crippen LogP contribution in [0.25, 0.3) is 0 Å². The highest BCUT2D eigenvalue weighted by atomic mass is 16.5. The number of methoxy groups -OCH3 is 1. The van der Waals surface area contributed by atoms with Gasteiger partial charge in [-0.15, -0.1) is 0 Å². The first-order valence-electron chi connectivity index (χ1n) is 10.1. The Kier molecular flexibility index (Phi) is 5.08. The van der Waals surface area contributed by atoms with E-state index < -0.39 is 5.54 Å². The summed E-state index contributed by atoms with van der Waals surface area (Å²) in [6.45, 7) is 3.25. The van der Waals surface area contributed by atoms with Gasteiger partial charge in [0.2, 0.25) is 0 Å². The molecule has 0 bridgehead atoms. The molecule has 3 fully saturated rings. The summed E-state index contributed by atoms with van der Waals surface area (Å²) in [5, 5.41) is 2.96. The number of amides is 3. The summed E-state index contributed by atoms with van der Waals surface area (Å²) >= 11 is 0. The van der Waals surface area contributed by atoms with Crippen LogP contribution < -0.4 is 10.1 Å². The van der Waals surface area contributed by atoms with Gasteiger partial charge in [-0.05, 0) is 62.4 Å². The molecule has 0 unspecified atom stereocenters. The second-order valence-corrected chi connectivity index (χ2v) is 8.07. The number of benzene rings is 1. The Labute approximate surface area is 160 Å². The van der Waals surface area contributed by atoms with Crippen LogP contribution >= 0.6 is 0 Å².